The zero-order chi connectivity index (χ0) is 20.4. The Kier molecular flexibility index (Phi) is 5.85. The fraction of sp³-hybridized carbons (Fsp3) is 0.364. The van der Waals surface area contributed by atoms with Crippen LogP contribution in [0.5, 0.6) is 0 Å². The van der Waals surface area contributed by atoms with Crippen LogP contribution in [0.3, 0.4) is 0 Å². The standard InChI is InChI=1S/C22H22F2N2O2S/c23-15-5-6-16(18(24)13-15)22(28)26-10-7-14(8-11-26)21(27)25-19-9-12-29-20-4-2-1-3-17(19)20/h1-6,13-14,19H,7-12H2,(H,25,27). The Balaban J connectivity index is 1.35. The minimum absolute atomic E-state index is 0.0109. The summed E-state index contributed by atoms with van der Waals surface area (Å²) in [5.74, 6) is -1.21. The SMILES string of the molecule is O=C(NC1CCSc2ccccc21)C1CCN(C(=O)c2ccc(F)cc2F)CC1. The van der Waals surface area contributed by atoms with Crippen molar-refractivity contribution in [2.24, 2.45) is 5.92 Å². The molecule has 0 saturated carbocycles. The number of fused-ring (bicyclic) bond motifs is 1. The predicted molar refractivity (Wildman–Crippen MR) is 108 cm³/mol. The number of carbonyl (C=O) groups is 2. The van der Waals surface area contributed by atoms with Crippen molar-refractivity contribution in [2.75, 3.05) is 18.8 Å². The Morgan fingerprint density at radius 3 is 2.55 bits per heavy atom. The van der Waals surface area contributed by atoms with Crippen LogP contribution in [0, 0.1) is 17.6 Å². The predicted octanol–water partition coefficient (Wildman–Crippen LogP) is 4.17. The Hall–Kier alpha value is -2.41. The topological polar surface area (TPSA) is 49.4 Å². The molecule has 2 aromatic carbocycles. The van der Waals surface area contributed by atoms with Gasteiger partial charge in [-0.2, -0.15) is 0 Å². The molecule has 0 aliphatic carbocycles. The van der Waals surface area contributed by atoms with Crippen molar-refractivity contribution < 1.29 is 18.4 Å². The second-order valence-corrected chi connectivity index (χ2v) is 8.56. The summed E-state index contributed by atoms with van der Waals surface area (Å²) >= 11 is 1.81. The zero-order valence-corrected chi connectivity index (χ0v) is 16.7. The van der Waals surface area contributed by atoms with E-state index in [0.717, 1.165) is 23.8 Å². The fourth-order valence-corrected chi connectivity index (χ4v) is 5.08. The van der Waals surface area contributed by atoms with Crippen molar-refractivity contribution >= 4 is 23.6 Å². The molecule has 0 bridgehead atoms. The lowest BCUT2D eigenvalue weighted by Gasteiger charge is -2.33. The van der Waals surface area contributed by atoms with Crippen molar-refractivity contribution in [3.63, 3.8) is 0 Å². The van der Waals surface area contributed by atoms with Crippen LogP contribution in [0.4, 0.5) is 8.78 Å². The van der Waals surface area contributed by atoms with E-state index >= 15 is 0 Å². The van der Waals surface area contributed by atoms with Gasteiger partial charge in [0.05, 0.1) is 11.6 Å². The van der Waals surface area contributed by atoms with Gasteiger partial charge >= 0.3 is 0 Å². The molecule has 2 aromatic rings. The molecule has 4 nitrogen and oxygen atoms in total. The first-order valence-corrected chi connectivity index (χ1v) is 10.8. The Labute approximate surface area is 172 Å². The average Bonchev–Trinajstić information content (AvgIpc) is 2.74. The maximum Gasteiger partial charge on any atom is 0.256 e. The molecule has 7 heteroatoms. The lowest BCUT2D eigenvalue weighted by atomic mass is 9.94. The molecule has 1 N–H and O–H groups in total. The van der Waals surface area contributed by atoms with Crippen molar-refractivity contribution in [3.05, 3.63) is 65.2 Å². The Morgan fingerprint density at radius 1 is 1.03 bits per heavy atom. The number of benzene rings is 2. The number of halogens is 2. The van der Waals surface area contributed by atoms with Crippen LogP contribution in [0.15, 0.2) is 47.4 Å². The van der Waals surface area contributed by atoms with E-state index in [0.29, 0.717) is 32.0 Å². The number of nitrogens with one attached hydrogen (secondary N) is 1. The smallest absolute Gasteiger partial charge is 0.256 e. The van der Waals surface area contributed by atoms with E-state index in [2.05, 4.69) is 17.4 Å². The summed E-state index contributed by atoms with van der Waals surface area (Å²) in [6, 6.07) is 11.1. The minimum atomic E-state index is -0.858. The van der Waals surface area contributed by atoms with Gasteiger partial charge in [-0.15, -0.1) is 11.8 Å². The number of hydrogen-bond donors (Lipinski definition) is 1. The molecule has 1 atom stereocenters. The zero-order valence-electron chi connectivity index (χ0n) is 15.9. The number of carbonyl (C=O) groups excluding carboxylic acids is 2. The van der Waals surface area contributed by atoms with E-state index < -0.39 is 17.5 Å². The fourth-order valence-electron chi connectivity index (χ4n) is 3.96. The monoisotopic (exact) mass is 416 g/mol. The molecule has 2 aliphatic heterocycles. The van der Waals surface area contributed by atoms with Crippen molar-refractivity contribution in [2.45, 2.75) is 30.2 Å². The van der Waals surface area contributed by atoms with Crippen LogP contribution >= 0.6 is 11.8 Å². The second-order valence-electron chi connectivity index (χ2n) is 7.43. The van der Waals surface area contributed by atoms with Crippen LogP contribution in [0.1, 0.15) is 41.2 Å². The average molecular weight is 416 g/mol. The quantitative estimate of drug-likeness (QED) is 0.817. The van der Waals surface area contributed by atoms with Gasteiger partial charge in [0.15, 0.2) is 0 Å². The maximum absolute atomic E-state index is 13.9. The number of likely N-dealkylation sites (tertiary alicyclic amines) is 1. The molecule has 4 rings (SSSR count). The molecule has 2 heterocycles. The summed E-state index contributed by atoms with van der Waals surface area (Å²) in [4.78, 5) is 28.1. The largest absolute Gasteiger partial charge is 0.349 e. The highest BCUT2D eigenvalue weighted by Gasteiger charge is 2.31. The first-order valence-electron chi connectivity index (χ1n) is 9.79. The van der Waals surface area contributed by atoms with Gasteiger partial charge < -0.3 is 10.2 Å². The van der Waals surface area contributed by atoms with Crippen molar-refractivity contribution in [1.82, 2.24) is 10.2 Å². The summed E-state index contributed by atoms with van der Waals surface area (Å²) < 4.78 is 27.0. The van der Waals surface area contributed by atoms with Crippen LogP contribution < -0.4 is 5.32 Å². The van der Waals surface area contributed by atoms with Gasteiger partial charge in [0, 0.05) is 35.7 Å². The van der Waals surface area contributed by atoms with Crippen LogP contribution in [0.25, 0.3) is 0 Å². The van der Waals surface area contributed by atoms with Gasteiger partial charge in [0.25, 0.3) is 5.91 Å². The molecular weight excluding hydrogens is 394 g/mol. The highest BCUT2D eigenvalue weighted by Crippen LogP contribution is 2.36. The van der Waals surface area contributed by atoms with Gasteiger partial charge in [-0.1, -0.05) is 18.2 Å². The maximum atomic E-state index is 13.9. The number of amides is 2. The first kappa shape index (κ1) is 19.9. The van der Waals surface area contributed by atoms with Gasteiger partial charge in [-0.25, -0.2) is 8.78 Å². The molecule has 1 saturated heterocycles. The van der Waals surface area contributed by atoms with E-state index in [9.17, 15) is 18.4 Å². The third kappa shape index (κ3) is 4.29. The number of nitrogens with zero attached hydrogens (tertiary/aromatic N) is 1. The molecule has 2 aliphatic rings. The highest BCUT2D eigenvalue weighted by molar-refractivity contribution is 7.99. The molecule has 2 amide bonds. The number of hydrogen-bond acceptors (Lipinski definition) is 3. The Bertz CT molecular complexity index is 929. The van der Waals surface area contributed by atoms with E-state index in [1.165, 1.54) is 15.9 Å². The molecule has 1 fully saturated rings. The van der Waals surface area contributed by atoms with Crippen LogP contribution in [-0.4, -0.2) is 35.6 Å². The van der Waals surface area contributed by atoms with E-state index in [-0.39, 0.29) is 23.4 Å². The molecule has 152 valence electrons. The molecular formula is C22H22F2N2O2S. The lowest BCUT2D eigenvalue weighted by molar-refractivity contribution is -0.127. The molecule has 0 aromatic heterocycles. The normalized spacial score (nSPS) is 19.5. The summed E-state index contributed by atoms with van der Waals surface area (Å²) in [5, 5.41) is 3.18. The second kappa shape index (κ2) is 8.53. The summed E-state index contributed by atoms with van der Waals surface area (Å²) in [6.45, 7) is 0.760. The van der Waals surface area contributed by atoms with Crippen molar-refractivity contribution in [1.29, 1.82) is 0 Å². The van der Waals surface area contributed by atoms with E-state index in [1.54, 1.807) is 0 Å². The molecule has 1 unspecified atom stereocenters. The molecule has 0 radical (unpaired) electrons. The molecule has 0 spiro atoms. The third-order valence-electron chi connectivity index (χ3n) is 5.59. The van der Waals surface area contributed by atoms with Gasteiger partial charge in [0.1, 0.15) is 11.6 Å². The lowest BCUT2D eigenvalue weighted by Crippen LogP contribution is -2.44. The molecule has 29 heavy (non-hydrogen) atoms. The summed E-state index contributed by atoms with van der Waals surface area (Å²) in [6.07, 6.45) is 1.96. The van der Waals surface area contributed by atoms with Crippen LogP contribution in [0.2, 0.25) is 0 Å². The summed E-state index contributed by atoms with van der Waals surface area (Å²) in [7, 11) is 0. The first-order chi connectivity index (χ1) is 14.0. The van der Waals surface area contributed by atoms with E-state index in [1.807, 2.05) is 23.9 Å². The number of piperidine rings is 1. The number of rotatable bonds is 3. The van der Waals surface area contributed by atoms with Crippen molar-refractivity contribution in [3.8, 4) is 0 Å². The van der Waals surface area contributed by atoms with Gasteiger partial charge in [-0.05, 0) is 43.0 Å². The summed E-state index contributed by atoms with van der Waals surface area (Å²) in [5.41, 5.74) is 1.03. The van der Waals surface area contributed by atoms with Gasteiger partial charge in [-0.3, -0.25) is 9.59 Å². The minimum Gasteiger partial charge on any atom is -0.349 e. The third-order valence-corrected chi connectivity index (χ3v) is 6.71. The van der Waals surface area contributed by atoms with Crippen LogP contribution in [-0.2, 0) is 4.79 Å². The highest BCUT2D eigenvalue weighted by atomic mass is 32.2. The number of thioether (sulfide) groups is 1. The van der Waals surface area contributed by atoms with Gasteiger partial charge in [0.2, 0.25) is 5.91 Å². The Morgan fingerprint density at radius 2 is 1.79 bits per heavy atom. The van der Waals surface area contributed by atoms with E-state index in [4.69, 9.17) is 0 Å².